The normalized spacial score (nSPS) is 11.1. The van der Waals surface area contributed by atoms with Gasteiger partial charge in [-0.05, 0) is 42.8 Å². The average Bonchev–Trinajstić information content (AvgIpc) is 2.61. The van der Waals surface area contributed by atoms with Gasteiger partial charge in [0.05, 0.1) is 12.2 Å². The topological polar surface area (TPSA) is 70.2 Å². The Morgan fingerprint density at radius 1 is 1.07 bits per heavy atom. The predicted octanol–water partition coefficient (Wildman–Crippen LogP) is 4.13. The van der Waals surface area contributed by atoms with Gasteiger partial charge in [0.25, 0.3) is 5.91 Å². The van der Waals surface area contributed by atoms with E-state index in [1.54, 1.807) is 12.2 Å². The zero-order chi connectivity index (χ0) is 20.9. The lowest BCUT2D eigenvalue weighted by atomic mass is 10.1. The number of nitrogens with one attached hydrogen (secondary N) is 3. The van der Waals surface area contributed by atoms with Crippen molar-refractivity contribution < 1.29 is 27.2 Å². The number of rotatable bonds is 6. The number of carbonyl (C=O) groups excluding carboxylic acids is 2. The van der Waals surface area contributed by atoms with Crippen molar-refractivity contribution >= 4 is 34.8 Å². The van der Waals surface area contributed by atoms with Gasteiger partial charge < -0.3 is 16.0 Å². The van der Waals surface area contributed by atoms with Crippen molar-refractivity contribution in [2.75, 3.05) is 23.7 Å². The molecule has 0 saturated carbocycles. The highest BCUT2D eigenvalue weighted by Gasteiger charge is 2.28. The van der Waals surface area contributed by atoms with Gasteiger partial charge in [-0.15, -0.1) is 0 Å². The first-order valence-electron chi connectivity index (χ1n) is 7.99. The van der Waals surface area contributed by atoms with Gasteiger partial charge in [-0.1, -0.05) is 17.7 Å². The number of hydrogen-bond acceptors (Lipinski definition) is 3. The van der Waals surface area contributed by atoms with E-state index in [9.17, 15) is 27.2 Å². The first kappa shape index (κ1) is 21.5. The number of benzene rings is 2. The maximum Gasteiger partial charge on any atom is 0.405 e. The number of hydrogen-bond donors (Lipinski definition) is 3. The van der Waals surface area contributed by atoms with Crippen LogP contribution in [0.25, 0.3) is 0 Å². The van der Waals surface area contributed by atoms with E-state index in [1.807, 2.05) is 0 Å². The maximum atomic E-state index is 13.6. The minimum absolute atomic E-state index is 0.00126. The van der Waals surface area contributed by atoms with Gasteiger partial charge in [-0.2, -0.15) is 13.2 Å². The highest BCUT2D eigenvalue weighted by atomic mass is 35.5. The highest BCUT2D eigenvalue weighted by molar-refractivity contribution is 6.30. The Kier molecular flexibility index (Phi) is 6.85. The second kappa shape index (κ2) is 8.92. The molecule has 0 bridgehead atoms. The Morgan fingerprint density at radius 3 is 2.46 bits per heavy atom. The van der Waals surface area contributed by atoms with E-state index in [0.29, 0.717) is 11.3 Å². The largest absolute Gasteiger partial charge is 0.405 e. The molecule has 0 aromatic heterocycles. The number of aryl methyl sites for hydroxylation is 1. The molecule has 0 aliphatic carbocycles. The molecular weight excluding hydrogens is 402 g/mol. The monoisotopic (exact) mass is 417 g/mol. The van der Waals surface area contributed by atoms with E-state index in [0.717, 1.165) is 6.07 Å². The summed E-state index contributed by atoms with van der Waals surface area (Å²) in [6.45, 7) is -0.0230. The molecule has 0 radical (unpaired) electrons. The van der Waals surface area contributed by atoms with E-state index >= 15 is 0 Å². The van der Waals surface area contributed by atoms with Crippen LogP contribution >= 0.6 is 11.6 Å². The van der Waals surface area contributed by atoms with Crippen LogP contribution in [0, 0.1) is 12.7 Å². The SMILES string of the molecule is Cc1ccc(C(=O)NCC(F)(F)F)cc1NCC(=O)Nc1cc(Cl)ccc1F. The molecule has 2 rings (SSSR count). The van der Waals surface area contributed by atoms with E-state index in [2.05, 4.69) is 10.6 Å². The van der Waals surface area contributed by atoms with Crippen LogP contribution in [0.1, 0.15) is 15.9 Å². The Morgan fingerprint density at radius 2 is 1.79 bits per heavy atom. The van der Waals surface area contributed by atoms with E-state index in [1.165, 1.54) is 30.3 Å². The molecule has 0 unspecified atom stereocenters. The van der Waals surface area contributed by atoms with Crippen molar-refractivity contribution in [2.45, 2.75) is 13.1 Å². The van der Waals surface area contributed by atoms with E-state index in [-0.39, 0.29) is 22.8 Å². The third kappa shape index (κ3) is 6.41. The fourth-order valence-electron chi connectivity index (χ4n) is 2.20. The van der Waals surface area contributed by atoms with Gasteiger partial charge in [0, 0.05) is 16.3 Å². The molecule has 0 heterocycles. The molecule has 2 amide bonds. The predicted molar refractivity (Wildman–Crippen MR) is 98.1 cm³/mol. The number of alkyl halides is 3. The summed E-state index contributed by atoms with van der Waals surface area (Å²) < 4.78 is 50.3. The van der Waals surface area contributed by atoms with Crippen molar-refractivity contribution in [1.82, 2.24) is 5.32 Å². The van der Waals surface area contributed by atoms with Gasteiger partial charge in [-0.3, -0.25) is 9.59 Å². The second-order valence-corrected chi connectivity index (χ2v) is 6.29. The van der Waals surface area contributed by atoms with Crippen molar-refractivity contribution in [1.29, 1.82) is 0 Å². The molecule has 0 spiro atoms. The van der Waals surface area contributed by atoms with Crippen LogP contribution in [0.15, 0.2) is 36.4 Å². The van der Waals surface area contributed by atoms with Gasteiger partial charge in [0.1, 0.15) is 12.4 Å². The summed E-state index contributed by atoms with van der Waals surface area (Å²) >= 11 is 5.75. The van der Waals surface area contributed by atoms with E-state index < -0.39 is 30.4 Å². The molecule has 0 aliphatic rings. The minimum atomic E-state index is -4.52. The molecule has 150 valence electrons. The molecule has 0 aliphatic heterocycles. The summed E-state index contributed by atoms with van der Waals surface area (Å²) in [6, 6.07) is 7.93. The number of carbonyl (C=O) groups is 2. The lowest BCUT2D eigenvalue weighted by Crippen LogP contribution is -2.33. The Hall–Kier alpha value is -2.81. The van der Waals surface area contributed by atoms with E-state index in [4.69, 9.17) is 11.6 Å². The number of amides is 2. The Labute approximate surface area is 163 Å². The van der Waals surface area contributed by atoms with Crippen molar-refractivity contribution in [2.24, 2.45) is 0 Å². The lowest BCUT2D eigenvalue weighted by molar-refractivity contribution is -0.123. The summed E-state index contributed by atoms with van der Waals surface area (Å²) in [5.41, 5.74) is 0.949. The van der Waals surface area contributed by atoms with Gasteiger partial charge >= 0.3 is 6.18 Å². The third-order valence-electron chi connectivity index (χ3n) is 3.59. The van der Waals surface area contributed by atoms with Crippen LogP contribution in [-0.2, 0) is 4.79 Å². The summed E-state index contributed by atoms with van der Waals surface area (Å²) in [5.74, 6) is -2.13. The molecule has 2 aromatic carbocycles. The number of halogens is 5. The van der Waals surface area contributed by atoms with Crippen LogP contribution in [0.2, 0.25) is 5.02 Å². The van der Waals surface area contributed by atoms with Crippen LogP contribution in [0.5, 0.6) is 0 Å². The second-order valence-electron chi connectivity index (χ2n) is 5.85. The molecule has 0 saturated heterocycles. The Bertz CT molecular complexity index is 888. The Balaban J connectivity index is 2.00. The smallest absolute Gasteiger partial charge is 0.376 e. The summed E-state index contributed by atoms with van der Waals surface area (Å²) in [5, 5.41) is 7.13. The zero-order valence-corrected chi connectivity index (χ0v) is 15.3. The van der Waals surface area contributed by atoms with Crippen molar-refractivity contribution in [3.63, 3.8) is 0 Å². The first-order chi connectivity index (χ1) is 13.0. The number of anilines is 2. The fourth-order valence-corrected chi connectivity index (χ4v) is 2.37. The van der Waals surface area contributed by atoms with Crippen molar-refractivity contribution in [3.8, 4) is 0 Å². The molecule has 0 fully saturated rings. The molecular formula is C18H16ClF4N3O2. The zero-order valence-electron chi connectivity index (χ0n) is 14.6. The highest BCUT2D eigenvalue weighted by Crippen LogP contribution is 2.20. The molecule has 28 heavy (non-hydrogen) atoms. The average molecular weight is 418 g/mol. The van der Waals surface area contributed by atoms with Crippen LogP contribution in [-0.4, -0.2) is 31.1 Å². The fraction of sp³-hybridized carbons (Fsp3) is 0.222. The standard InChI is InChI=1S/C18H16ClF4N3O2/c1-10-2-3-11(17(28)25-9-18(21,22)23)6-14(10)24-8-16(27)26-15-7-12(19)4-5-13(15)20/h2-7,24H,8-9H2,1H3,(H,25,28)(H,26,27). The van der Waals surface area contributed by atoms with Gasteiger partial charge in [0.15, 0.2) is 0 Å². The molecule has 0 atom stereocenters. The van der Waals surface area contributed by atoms with Crippen LogP contribution in [0.3, 0.4) is 0 Å². The van der Waals surface area contributed by atoms with Crippen LogP contribution in [0.4, 0.5) is 28.9 Å². The third-order valence-corrected chi connectivity index (χ3v) is 3.83. The summed E-state index contributed by atoms with van der Waals surface area (Å²) in [7, 11) is 0. The van der Waals surface area contributed by atoms with Crippen molar-refractivity contribution in [3.05, 3.63) is 58.4 Å². The maximum absolute atomic E-state index is 13.6. The summed E-state index contributed by atoms with van der Waals surface area (Å²) in [6.07, 6.45) is -4.52. The van der Waals surface area contributed by atoms with Gasteiger partial charge in [-0.25, -0.2) is 4.39 Å². The quantitative estimate of drug-likeness (QED) is 0.619. The molecule has 3 N–H and O–H groups in total. The molecule has 2 aromatic rings. The first-order valence-corrected chi connectivity index (χ1v) is 8.37. The molecule has 10 heteroatoms. The lowest BCUT2D eigenvalue weighted by Gasteiger charge is -2.13. The minimum Gasteiger partial charge on any atom is -0.376 e. The molecule has 5 nitrogen and oxygen atoms in total. The van der Waals surface area contributed by atoms with Crippen LogP contribution < -0.4 is 16.0 Å². The van der Waals surface area contributed by atoms with Gasteiger partial charge in [0.2, 0.25) is 5.91 Å². The summed E-state index contributed by atoms with van der Waals surface area (Å²) in [4.78, 5) is 23.8.